The van der Waals surface area contributed by atoms with Gasteiger partial charge in [-0.05, 0) is 24.3 Å². The molecule has 1 N–H and O–H groups in total. The first-order chi connectivity index (χ1) is 11.9. The van der Waals surface area contributed by atoms with Gasteiger partial charge in [-0.1, -0.05) is 0 Å². The zero-order valence-corrected chi connectivity index (χ0v) is 14.4. The molecule has 6 nitrogen and oxygen atoms in total. The average molecular weight is 373 g/mol. The van der Waals surface area contributed by atoms with E-state index in [2.05, 4.69) is 4.72 Å². The Morgan fingerprint density at radius 2 is 1.68 bits per heavy atom. The van der Waals surface area contributed by atoms with Gasteiger partial charge in [0.05, 0.1) is 14.2 Å². The Morgan fingerprint density at radius 3 is 2.32 bits per heavy atom. The second-order valence-electron chi connectivity index (χ2n) is 4.84. The zero-order valence-electron chi connectivity index (χ0n) is 13.6. The van der Waals surface area contributed by atoms with Gasteiger partial charge in [0.25, 0.3) is 0 Å². The summed E-state index contributed by atoms with van der Waals surface area (Å²) in [5, 5.41) is 0. The Morgan fingerprint density at radius 1 is 0.960 bits per heavy atom. The molecule has 2 rings (SSSR count). The quantitative estimate of drug-likeness (QED) is 0.719. The van der Waals surface area contributed by atoms with Crippen LogP contribution in [0.3, 0.4) is 0 Å². The summed E-state index contributed by atoms with van der Waals surface area (Å²) < 4.78 is 68.1. The second-order valence-corrected chi connectivity index (χ2v) is 6.57. The monoisotopic (exact) mass is 373 g/mol. The van der Waals surface area contributed by atoms with Crippen LogP contribution in [0.5, 0.6) is 17.2 Å². The highest BCUT2D eigenvalue weighted by molar-refractivity contribution is 7.89. The molecule has 0 saturated heterocycles. The van der Waals surface area contributed by atoms with Crippen LogP contribution in [-0.2, 0) is 10.0 Å². The molecule has 2 aromatic carbocycles. The summed E-state index contributed by atoms with van der Waals surface area (Å²) >= 11 is 0. The van der Waals surface area contributed by atoms with E-state index in [0.717, 1.165) is 12.1 Å². The lowest BCUT2D eigenvalue weighted by Crippen LogP contribution is -2.28. The number of halogens is 2. The molecule has 0 aliphatic rings. The van der Waals surface area contributed by atoms with Gasteiger partial charge in [0.1, 0.15) is 28.8 Å². The largest absolute Gasteiger partial charge is 0.497 e. The molecule has 0 heterocycles. The first-order valence-corrected chi connectivity index (χ1v) is 8.65. The van der Waals surface area contributed by atoms with Crippen LogP contribution in [0.2, 0.25) is 0 Å². The van der Waals surface area contributed by atoms with Crippen molar-refractivity contribution in [1.82, 2.24) is 4.72 Å². The van der Waals surface area contributed by atoms with Crippen molar-refractivity contribution in [2.75, 3.05) is 27.4 Å². The molecule has 2 aromatic rings. The summed E-state index contributed by atoms with van der Waals surface area (Å²) in [6.07, 6.45) is 0. The summed E-state index contributed by atoms with van der Waals surface area (Å²) in [7, 11) is -1.04. The number of benzene rings is 2. The van der Waals surface area contributed by atoms with Gasteiger partial charge in [-0.3, -0.25) is 0 Å². The number of hydrogen-bond acceptors (Lipinski definition) is 5. The van der Waals surface area contributed by atoms with Gasteiger partial charge in [0.2, 0.25) is 10.0 Å². The van der Waals surface area contributed by atoms with Crippen molar-refractivity contribution in [2.24, 2.45) is 0 Å². The van der Waals surface area contributed by atoms with E-state index in [9.17, 15) is 17.2 Å². The van der Waals surface area contributed by atoms with Gasteiger partial charge in [-0.15, -0.1) is 0 Å². The molecule has 0 aromatic heterocycles. The SMILES string of the molecule is COc1ccc(S(=O)(=O)NCCOc2ccc(F)c(F)c2)c(OC)c1. The molecular weight excluding hydrogens is 356 g/mol. The molecule has 25 heavy (non-hydrogen) atoms. The molecule has 0 atom stereocenters. The van der Waals surface area contributed by atoms with E-state index in [-0.39, 0.29) is 29.5 Å². The highest BCUT2D eigenvalue weighted by atomic mass is 32.2. The van der Waals surface area contributed by atoms with Crippen LogP contribution in [0.1, 0.15) is 0 Å². The number of ether oxygens (including phenoxy) is 3. The smallest absolute Gasteiger partial charge is 0.244 e. The molecule has 0 amide bonds. The maximum atomic E-state index is 13.1. The Balaban J connectivity index is 1.98. The van der Waals surface area contributed by atoms with Gasteiger partial charge in [0.15, 0.2) is 11.6 Å². The number of methoxy groups -OCH3 is 2. The van der Waals surface area contributed by atoms with Crippen molar-refractivity contribution in [3.8, 4) is 17.2 Å². The minimum Gasteiger partial charge on any atom is -0.497 e. The predicted molar refractivity (Wildman–Crippen MR) is 86.6 cm³/mol. The predicted octanol–water partition coefficient (Wildman–Crippen LogP) is 2.34. The van der Waals surface area contributed by atoms with E-state index in [1.54, 1.807) is 0 Å². The normalized spacial score (nSPS) is 11.2. The highest BCUT2D eigenvalue weighted by Gasteiger charge is 2.19. The third-order valence-electron chi connectivity index (χ3n) is 3.21. The van der Waals surface area contributed by atoms with Crippen molar-refractivity contribution in [2.45, 2.75) is 4.90 Å². The molecule has 0 radical (unpaired) electrons. The van der Waals surface area contributed by atoms with E-state index in [0.29, 0.717) is 5.75 Å². The van der Waals surface area contributed by atoms with Gasteiger partial charge < -0.3 is 14.2 Å². The maximum absolute atomic E-state index is 13.1. The average Bonchev–Trinajstić information content (AvgIpc) is 2.61. The standard InChI is InChI=1S/C16H17F2NO5S/c1-22-11-4-6-16(15(10-11)23-2)25(20,21)19-7-8-24-12-3-5-13(17)14(18)9-12/h3-6,9-10,19H,7-8H2,1-2H3. The van der Waals surface area contributed by atoms with E-state index >= 15 is 0 Å². The van der Waals surface area contributed by atoms with Crippen molar-refractivity contribution in [3.63, 3.8) is 0 Å². The highest BCUT2D eigenvalue weighted by Crippen LogP contribution is 2.28. The maximum Gasteiger partial charge on any atom is 0.244 e. The van der Waals surface area contributed by atoms with Crippen LogP contribution in [0.4, 0.5) is 8.78 Å². The van der Waals surface area contributed by atoms with Crippen molar-refractivity contribution in [1.29, 1.82) is 0 Å². The fourth-order valence-corrected chi connectivity index (χ4v) is 3.15. The molecule has 0 aliphatic heterocycles. The number of hydrogen-bond donors (Lipinski definition) is 1. The number of nitrogens with one attached hydrogen (secondary N) is 1. The van der Waals surface area contributed by atoms with Crippen LogP contribution < -0.4 is 18.9 Å². The van der Waals surface area contributed by atoms with Crippen LogP contribution in [-0.4, -0.2) is 35.8 Å². The van der Waals surface area contributed by atoms with Gasteiger partial charge in [-0.2, -0.15) is 0 Å². The van der Waals surface area contributed by atoms with Crippen molar-refractivity contribution < 1.29 is 31.4 Å². The van der Waals surface area contributed by atoms with E-state index in [1.165, 1.54) is 38.5 Å². The molecule has 0 aliphatic carbocycles. The van der Waals surface area contributed by atoms with Crippen LogP contribution in [0, 0.1) is 11.6 Å². The van der Waals surface area contributed by atoms with Gasteiger partial charge >= 0.3 is 0 Å². The van der Waals surface area contributed by atoms with Crippen LogP contribution >= 0.6 is 0 Å². The Labute approximate surface area is 144 Å². The van der Waals surface area contributed by atoms with Gasteiger partial charge in [0, 0.05) is 18.7 Å². The minimum absolute atomic E-state index is 0.0522. The first kappa shape index (κ1) is 18.9. The molecule has 0 bridgehead atoms. The summed E-state index contributed by atoms with van der Waals surface area (Å²) in [6, 6.07) is 7.37. The third kappa shape index (κ3) is 4.80. The third-order valence-corrected chi connectivity index (χ3v) is 4.71. The summed E-state index contributed by atoms with van der Waals surface area (Å²) in [6.45, 7) is -0.140. The lowest BCUT2D eigenvalue weighted by Gasteiger charge is -2.12. The summed E-state index contributed by atoms with van der Waals surface area (Å²) in [4.78, 5) is -0.0522. The number of sulfonamides is 1. The van der Waals surface area contributed by atoms with Gasteiger partial charge in [-0.25, -0.2) is 21.9 Å². The van der Waals surface area contributed by atoms with E-state index < -0.39 is 21.7 Å². The second kappa shape index (κ2) is 8.13. The summed E-state index contributed by atoms with van der Waals surface area (Å²) in [5.74, 6) is -1.34. The molecule has 0 fully saturated rings. The van der Waals surface area contributed by atoms with Crippen LogP contribution in [0.15, 0.2) is 41.3 Å². The Bertz CT molecular complexity index is 842. The fraction of sp³-hybridized carbons (Fsp3) is 0.250. The molecule has 136 valence electrons. The Hall–Kier alpha value is -2.39. The first-order valence-electron chi connectivity index (χ1n) is 7.17. The fourth-order valence-electron chi connectivity index (χ4n) is 1.99. The lowest BCUT2D eigenvalue weighted by atomic mass is 10.3. The zero-order chi connectivity index (χ0) is 18.4. The molecule has 0 unspecified atom stereocenters. The lowest BCUT2D eigenvalue weighted by molar-refractivity contribution is 0.319. The molecular formula is C16H17F2NO5S. The van der Waals surface area contributed by atoms with Crippen molar-refractivity contribution >= 4 is 10.0 Å². The topological polar surface area (TPSA) is 73.9 Å². The minimum atomic E-state index is -3.84. The molecule has 0 saturated carbocycles. The molecule has 9 heteroatoms. The van der Waals surface area contributed by atoms with Crippen molar-refractivity contribution in [3.05, 3.63) is 48.0 Å². The summed E-state index contributed by atoms with van der Waals surface area (Å²) in [5.41, 5.74) is 0. The van der Waals surface area contributed by atoms with E-state index in [1.807, 2.05) is 0 Å². The Kier molecular flexibility index (Phi) is 6.16. The van der Waals surface area contributed by atoms with E-state index in [4.69, 9.17) is 14.2 Å². The molecule has 0 spiro atoms. The number of rotatable bonds is 8. The van der Waals surface area contributed by atoms with Crippen LogP contribution in [0.25, 0.3) is 0 Å².